The molecule has 160 valence electrons. The number of nitrogens with zero attached hydrogens (tertiary/aromatic N) is 1. The Bertz CT molecular complexity index is 905. The van der Waals surface area contributed by atoms with Crippen molar-refractivity contribution in [3.8, 4) is 6.07 Å². The Morgan fingerprint density at radius 2 is 1.87 bits per heavy atom. The van der Waals surface area contributed by atoms with Gasteiger partial charge in [-0.15, -0.1) is 0 Å². The number of carbonyl (C=O) groups is 1. The SMILES string of the molecule is CCOC(c1ccc(C(CC)CC(=O)O)cc1Nc1ccc(C#N)cc1)C(F)(F)F. The van der Waals surface area contributed by atoms with E-state index in [-0.39, 0.29) is 30.2 Å². The summed E-state index contributed by atoms with van der Waals surface area (Å²) in [7, 11) is 0. The molecule has 5 nitrogen and oxygen atoms in total. The number of hydrogen-bond acceptors (Lipinski definition) is 4. The Labute approximate surface area is 173 Å². The first-order valence-corrected chi connectivity index (χ1v) is 9.50. The summed E-state index contributed by atoms with van der Waals surface area (Å²) in [4.78, 5) is 11.2. The first kappa shape index (κ1) is 23.2. The van der Waals surface area contributed by atoms with Gasteiger partial charge in [0, 0.05) is 23.5 Å². The lowest BCUT2D eigenvalue weighted by Crippen LogP contribution is -2.24. The molecule has 0 aliphatic heterocycles. The summed E-state index contributed by atoms with van der Waals surface area (Å²) in [6, 6.07) is 12.7. The van der Waals surface area contributed by atoms with Crippen LogP contribution in [0, 0.1) is 11.3 Å². The molecule has 2 unspecified atom stereocenters. The second-order valence-electron chi connectivity index (χ2n) is 6.74. The van der Waals surface area contributed by atoms with Crippen LogP contribution in [0.1, 0.15) is 55.4 Å². The van der Waals surface area contributed by atoms with Crippen molar-refractivity contribution >= 4 is 17.3 Å². The molecule has 0 saturated heterocycles. The van der Waals surface area contributed by atoms with Gasteiger partial charge >= 0.3 is 12.1 Å². The molecular weight excluding hydrogens is 397 g/mol. The molecule has 8 heteroatoms. The van der Waals surface area contributed by atoms with Gasteiger partial charge < -0.3 is 15.2 Å². The molecule has 2 rings (SSSR count). The molecule has 0 bridgehead atoms. The highest BCUT2D eigenvalue weighted by molar-refractivity contribution is 5.69. The summed E-state index contributed by atoms with van der Waals surface area (Å²) in [6.45, 7) is 3.19. The number of hydrogen-bond donors (Lipinski definition) is 2. The second-order valence-corrected chi connectivity index (χ2v) is 6.74. The van der Waals surface area contributed by atoms with Crippen LogP contribution in [0.4, 0.5) is 24.5 Å². The van der Waals surface area contributed by atoms with Crippen molar-refractivity contribution in [1.82, 2.24) is 0 Å². The van der Waals surface area contributed by atoms with E-state index in [0.29, 0.717) is 23.2 Å². The molecule has 2 atom stereocenters. The van der Waals surface area contributed by atoms with Crippen molar-refractivity contribution < 1.29 is 27.8 Å². The van der Waals surface area contributed by atoms with E-state index in [2.05, 4.69) is 5.32 Å². The number of benzene rings is 2. The van der Waals surface area contributed by atoms with Crippen LogP contribution >= 0.6 is 0 Å². The zero-order chi connectivity index (χ0) is 22.3. The van der Waals surface area contributed by atoms with Gasteiger partial charge in [0.2, 0.25) is 0 Å². The van der Waals surface area contributed by atoms with Gasteiger partial charge in [0.1, 0.15) is 0 Å². The van der Waals surface area contributed by atoms with Crippen molar-refractivity contribution in [2.24, 2.45) is 0 Å². The Kier molecular flexibility index (Phi) is 7.84. The van der Waals surface area contributed by atoms with Crippen molar-refractivity contribution in [3.05, 3.63) is 59.2 Å². The third kappa shape index (κ3) is 5.97. The molecular formula is C22H23F3N2O3. The molecule has 30 heavy (non-hydrogen) atoms. The molecule has 0 aliphatic carbocycles. The fourth-order valence-corrected chi connectivity index (χ4v) is 3.18. The maximum atomic E-state index is 13.6. The second kappa shape index (κ2) is 10.1. The number of aliphatic carboxylic acids is 1. The highest BCUT2D eigenvalue weighted by Crippen LogP contribution is 2.41. The molecule has 0 aromatic heterocycles. The topological polar surface area (TPSA) is 82.3 Å². The summed E-state index contributed by atoms with van der Waals surface area (Å²) in [5.74, 6) is -1.32. The molecule has 0 saturated carbocycles. The standard InChI is InChI=1S/C22H23F3N2O3/c1-3-15(12-20(28)29)16-7-10-18(21(30-4-2)22(23,24)25)19(11-16)27-17-8-5-14(13-26)6-9-17/h5-11,15,21,27H,3-4,12H2,1-2H3,(H,28,29). The van der Waals surface area contributed by atoms with Gasteiger partial charge in [-0.2, -0.15) is 18.4 Å². The fourth-order valence-electron chi connectivity index (χ4n) is 3.18. The smallest absolute Gasteiger partial charge is 0.418 e. The monoisotopic (exact) mass is 420 g/mol. The Hall–Kier alpha value is -3.05. The predicted octanol–water partition coefficient (Wildman–Crippen LogP) is 5.91. The Morgan fingerprint density at radius 1 is 1.20 bits per heavy atom. The van der Waals surface area contributed by atoms with E-state index in [9.17, 15) is 18.0 Å². The zero-order valence-corrected chi connectivity index (χ0v) is 16.7. The minimum absolute atomic E-state index is 0.0948. The molecule has 0 amide bonds. The minimum atomic E-state index is -4.62. The largest absolute Gasteiger partial charge is 0.481 e. The number of nitrogens with one attached hydrogen (secondary N) is 1. The third-order valence-corrected chi connectivity index (χ3v) is 4.67. The lowest BCUT2D eigenvalue weighted by Gasteiger charge is -2.25. The van der Waals surface area contributed by atoms with E-state index in [1.807, 2.05) is 13.0 Å². The normalized spacial score (nSPS) is 13.3. The summed E-state index contributed by atoms with van der Waals surface area (Å²) in [5.41, 5.74) is 1.62. The maximum absolute atomic E-state index is 13.6. The summed E-state index contributed by atoms with van der Waals surface area (Å²) in [6.07, 6.45) is -6.35. The number of ether oxygens (including phenoxy) is 1. The number of rotatable bonds is 9. The summed E-state index contributed by atoms with van der Waals surface area (Å²) in [5, 5.41) is 21.0. The van der Waals surface area contributed by atoms with Crippen LogP contribution < -0.4 is 5.32 Å². The van der Waals surface area contributed by atoms with Crippen LogP contribution in [0.15, 0.2) is 42.5 Å². The van der Waals surface area contributed by atoms with E-state index in [4.69, 9.17) is 15.1 Å². The Morgan fingerprint density at radius 3 is 2.37 bits per heavy atom. The van der Waals surface area contributed by atoms with Gasteiger partial charge in [-0.05, 0) is 55.2 Å². The summed E-state index contributed by atoms with van der Waals surface area (Å²) < 4.78 is 45.9. The number of nitriles is 1. The van der Waals surface area contributed by atoms with Crippen LogP contribution in [-0.4, -0.2) is 23.9 Å². The van der Waals surface area contributed by atoms with Crippen LogP contribution in [0.5, 0.6) is 0 Å². The van der Waals surface area contributed by atoms with Gasteiger partial charge in [0.15, 0.2) is 6.10 Å². The number of halogens is 3. The van der Waals surface area contributed by atoms with Crippen molar-refractivity contribution in [2.75, 3.05) is 11.9 Å². The quantitative estimate of drug-likeness (QED) is 0.527. The highest BCUT2D eigenvalue weighted by Gasteiger charge is 2.43. The minimum Gasteiger partial charge on any atom is -0.481 e. The Balaban J connectivity index is 2.54. The molecule has 0 fully saturated rings. The highest BCUT2D eigenvalue weighted by atomic mass is 19.4. The predicted molar refractivity (Wildman–Crippen MR) is 107 cm³/mol. The number of alkyl halides is 3. The lowest BCUT2D eigenvalue weighted by molar-refractivity contribution is -0.222. The van der Waals surface area contributed by atoms with Gasteiger partial charge in [-0.25, -0.2) is 0 Å². The van der Waals surface area contributed by atoms with Gasteiger partial charge in [0.05, 0.1) is 18.1 Å². The van der Waals surface area contributed by atoms with Gasteiger partial charge in [-0.1, -0.05) is 19.1 Å². The first-order chi connectivity index (χ1) is 14.2. The lowest BCUT2D eigenvalue weighted by atomic mass is 9.91. The average molecular weight is 420 g/mol. The molecule has 2 aromatic rings. The number of carboxylic acid groups (broad SMARTS) is 1. The molecule has 2 aromatic carbocycles. The van der Waals surface area contributed by atoms with Crippen LogP contribution in [0.3, 0.4) is 0 Å². The van der Waals surface area contributed by atoms with Gasteiger partial charge in [-0.3, -0.25) is 4.79 Å². The third-order valence-electron chi connectivity index (χ3n) is 4.67. The van der Waals surface area contributed by atoms with Crippen molar-refractivity contribution in [2.45, 2.75) is 44.9 Å². The zero-order valence-electron chi connectivity index (χ0n) is 16.7. The van der Waals surface area contributed by atoms with Crippen molar-refractivity contribution in [3.63, 3.8) is 0 Å². The molecule has 0 radical (unpaired) electrons. The van der Waals surface area contributed by atoms with Crippen LogP contribution in [0.2, 0.25) is 0 Å². The summed E-state index contributed by atoms with van der Waals surface area (Å²) >= 11 is 0. The molecule has 0 heterocycles. The van der Waals surface area contributed by atoms with E-state index >= 15 is 0 Å². The van der Waals surface area contributed by atoms with E-state index in [0.717, 1.165) is 0 Å². The van der Waals surface area contributed by atoms with Crippen molar-refractivity contribution in [1.29, 1.82) is 5.26 Å². The van der Waals surface area contributed by atoms with E-state index in [1.165, 1.54) is 19.1 Å². The maximum Gasteiger partial charge on any atom is 0.418 e. The molecule has 2 N–H and O–H groups in total. The van der Waals surface area contributed by atoms with E-state index in [1.54, 1.807) is 30.3 Å². The molecule has 0 spiro atoms. The van der Waals surface area contributed by atoms with Crippen LogP contribution in [-0.2, 0) is 9.53 Å². The first-order valence-electron chi connectivity index (χ1n) is 9.50. The fraction of sp³-hybridized carbons (Fsp3) is 0.364. The van der Waals surface area contributed by atoms with Gasteiger partial charge in [0.25, 0.3) is 0 Å². The molecule has 0 aliphatic rings. The van der Waals surface area contributed by atoms with Crippen LogP contribution in [0.25, 0.3) is 0 Å². The van der Waals surface area contributed by atoms with E-state index < -0.39 is 18.2 Å². The number of anilines is 2. The number of carboxylic acids is 1. The average Bonchev–Trinajstić information content (AvgIpc) is 2.70.